The van der Waals surface area contributed by atoms with Crippen molar-refractivity contribution >= 4 is 23.2 Å². The molecule has 1 aliphatic rings. The fourth-order valence-corrected chi connectivity index (χ4v) is 5.61. The molecule has 1 unspecified atom stereocenters. The summed E-state index contributed by atoms with van der Waals surface area (Å²) in [5, 5.41) is 7.40. The molecule has 4 aromatic rings. The molecule has 0 radical (unpaired) electrons. The molecule has 5 rings (SSSR count). The standard InChI is InChI=1S/C28H27N3O4S/c1-18-24(25(30-35-18)20-9-5-3-6-10-20)23-17-36-27(29-23)22-13-15-31(16-14-22)28(33)26(34-19(2)32)21-11-7-4-8-12-21/h3-12,17,22,26H,13-16H2,1-2H3. The topological polar surface area (TPSA) is 85.5 Å². The molecule has 2 aromatic heterocycles. The molecular formula is C28H27N3O4S. The van der Waals surface area contributed by atoms with Crippen molar-refractivity contribution < 1.29 is 18.8 Å². The maximum absolute atomic E-state index is 13.3. The second-order valence-corrected chi connectivity index (χ2v) is 9.79. The van der Waals surface area contributed by atoms with Gasteiger partial charge in [-0.1, -0.05) is 65.8 Å². The first-order chi connectivity index (χ1) is 17.5. The number of carbonyl (C=O) groups is 2. The number of benzene rings is 2. The molecular weight excluding hydrogens is 474 g/mol. The van der Waals surface area contributed by atoms with Crippen LogP contribution in [0.4, 0.5) is 0 Å². The van der Waals surface area contributed by atoms with Crippen LogP contribution < -0.4 is 0 Å². The van der Waals surface area contributed by atoms with Gasteiger partial charge in [0.1, 0.15) is 11.5 Å². The number of thiazole rings is 1. The fraction of sp³-hybridized carbons (Fsp3) is 0.286. The molecule has 3 heterocycles. The third-order valence-electron chi connectivity index (χ3n) is 6.45. The Bertz CT molecular complexity index is 1340. The van der Waals surface area contributed by atoms with Gasteiger partial charge in [-0.25, -0.2) is 4.98 Å². The molecule has 0 saturated carbocycles. The zero-order valence-corrected chi connectivity index (χ0v) is 21.0. The second-order valence-electron chi connectivity index (χ2n) is 8.90. The van der Waals surface area contributed by atoms with Crippen molar-refractivity contribution in [3.63, 3.8) is 0 Å². The zero-order valence-electron chi connectivity index (χ0n) is 20.2. The number of amides is 1. The van der Waals surface area contributed by atoms with Gasteiger partial charge >= 0.3 is 5.97 Å². The van der Waals surface area contributed by atoms with E-state index in [0.717, 1.165) is 46.1 Å². The summed E-state index contributed by atoms with van der Waals surface area (Å²) in [7, 11) is 0. The molecule has 8 heteroatoms. The molecule has 36 heavy (non-hydrogen) atoms. The van der Waals surface area contributed by atoms with Gasteiger partial charge in [-0.05, 0) is 19.8 Å². The average Bonchev–Trinajstić information content (AvgIpc) is 3.54. The van der Waals surface area contributed by atoms with Crippen LogP contribution in [0.3, 0.4) is 0 Å². The van der Waals surface area contributed by atoms with E-state index < -0.39 is 12.1 Å². The van der Waals surface area contributed by atoms with E-state index >= 15 is 0 Å². The minimum Gasteiger partial charge on any atom is -0.447 e. The van der Waals surface area contributed by atoms with Gasteiger partial charge < -0.3 is 14.2 Å². The van der Waals surface area contributed by atoms with Crippen molar-refractivity contribution in [3.05, 3.63) is 82.4 Å². The minimum atomic E-state index is -0.917. The number of aryl methyl sites for hydroxylation is 1. The van der Waals surface area contributed by atoms with Crippen LogP contribution in [0.1, 0.15) is 48.1 Å². The highest BCUT2D eigenvalue weighted by atomic mass is 32.1. The number of hydrogen-bond acceptors (Lipinski definition) is 7. The molecule has 1 atom stereocenters. The van der Waals surface area contributed by atoms with E-state index in [1.54, 1.807) is 16.2 Å². The highest BCUT2D eigenvalue weighted by Crippen LogP contribution is 2.38. The first kappa shape index (κ1) is 23.9. The number of carbonyl (C=O) groups excluding carboxylic acids is 2. The molecule has 7 nitrogen and oxygen atoms in total. The highest BCUT2D eigenvalue weighted by molar-refractivity contribution is 7.10. The number of ether oxygens (including phenoxy) is 1. The Labute approximate surface area is 213 Å². The van der Waals surface area contributed by atoms with Crippen LogP contribution in [0.5, 0.6) is 0 Å². The van der Waals surface area contributed by atoms with E-state index in [9.17, 15) is 9.59 Å². The Morgan fingerprint density at radius 2 is 1.72 bits per heavy atom. The van der Waals surface area contributed by atoms with Gasteiger partial charge in [0.15, 0.2) is 0 Å². The van der Waals surface area contributed by atoms with Gasteiger partial charge in [-0.15, -0.1) is 11.3 Å². The van der Waals surface area contributed by atoms with Crippen LogP contribution in [0.25, 0.3) is 22.5 Å². The van der Waals surface area contributed by atoms with Gasteiger partial charge in [0, 0.05) is 42.4 Å². The number of likely N-dealkylation sites (tertiary alicyclic amines) is 1. The van der Waals surface area contributed by atoms with Crippen molar-refractivity contribution in [1.82, 2.24) is 15.0 Å². The largest absolute Gasteiger partial charge is 0.447 e. The molecule has 1 saturated heterocycles. The fourth-order valence-electron chi connectivity index (χ4n) is 4.62. The van der Waals surface area contributed by atoms with E-state index in [-0.39, 0.29) is 11.8 Å². The molecule has 0 spiro atoms. The Kier molecular flexibility index (Phi) is 6.95. The lowest BCUT2D eigenvalue weighted by Gasteiger charge is -2.33. The lowest BCUT2D eigenvalue weighted by Crippen LogP contribution is -2.41. The number of esters is 1. The van der Waals surface area contributed by atoms with Crippen LogP contribution in [0.2, 0.25) is 0 Å². The first-order valence-corrected chi connectivity index (χ1v) is 12.9. The Hall–Kier alpha value is -3.78. The third-order valence-corrected chi connectivity index (χ3v) is 7.46. The van der Waals surface area contributed by atoms with Gasteiger partial charge in [-0.2, -0.15) is 0 Å². The molecule has 2 aromatic carbocycles. The zero-order chi connectivity index (χ0) is 25.1. The highest BCUT2D eigenvalue weighted by Gasteiger charge is 2.32. The molecule has 184 valence electrons. The summed E-state index contributed by atoms with van der Waals surface area (Å²) >= 11 is 1.63. The molecule has 0 bridgehead atoms. The quantitative estimate of drug-likeness (QED) is 0.311. The Balaban J connectivity index is 1.29. The maximum Gasteiger partial charge on any atom is 0.303 e. The normalized spacial score (nSPS) is 15.0. The third kappa shape index (κ3) is 4.95. The summed E-state index contributed by atoms with van der Waals surface area (Å²) < 4.78 is 10.9. The number of hydrogen-bond donors (Lipinski definition) is 0. The van der Waals surface area contributed by atoms with Crippen molar-refractivity contribution in [2.75, 3.05) is 13.1 Å². The maximum atomic E-state index is 13.3. The van der Waals surface area contributed by atoms with Crippen LogP contribution in [-0.2, 0) is 14.3 Å². The SMILES string of the molecule is CC(=O)OC(C(=O)N1CCC(c2nc(-c3c(-c4ccccc4)noc3C)cs2)CC1)c1ccccc1. The van der Waals surface area contributed by atoms with Gasteiger partial charge in [-0.3, -0.25) is 9.59 Å². The Morgan fingerprint density at radius 3 is 2.39 bits per heavy atom. The number of aromatic nitrogens is 2. The molecule has 1 amide bonds. The smallest absolute Gasteiger partial charge is 0.303 e. The molecule has 0 aliphatic carbocycles. The lowest BCUT2D eigenvalue weighted by molar-refractivity contribution is -0.159. The second kappa shape index (κ2) is 10.5. The van der Waals surface area contributed by atoms with Gasteiger partial charge in [0.05, 0.1) is 16.3 Å². The summed E-state index contributed by atoms with van der Waals surface area (Å²) in [5.74, 6) is 0.351. The summed E-state index contributed by atoms with van der Waals surface area (Å²) in [6, 6.07) is 19.1. The number of nitrogens with zero attached hydrogens (tertiary/aromatic N) is 3. The number of piperidine rings is 1. The summed E-state index contributed by atoms with van der Waals surface area (Å²) in [4.78, 5) is 31.7. The summed E-state index contributed by atoms with van der Waals surface area (Å²) in [6.45, 7) is 4.41. The van der Waals surface area contributed by atoms with E-state index in [1.807, 2.05) is 67.6 Å². The summed E-state index contributed by atoms with van der Waals surface area (Å²) in [6.07, 6.45) is 0.683. The predicted molar refractivity (Wildman–Crippen MR) is 137 cm³/mol. The van der Waals surface area contributed by atoms with E-state index in [0.29, 0.717) is 18.7 Å². The first-order valence-electron chi connectivity index (χ1n) is 12.0. The van der Waals surface area contributed by atoms with E-state index in [1.165, 1.54) is 6.92 Å². The average molecular weight is 502 g/mol. The molecule has 0 N–H and O–H groups in total. The van der Waals surface area contributed by atoms with Crippen molar-refractivity contribution in [2.24, 2.45) is 0 Å². The predicted octanol–water partition coefficient (Wildman–Crippen LogP) is 5.78. The van der Waals surface area contributed by atoms with Crippen LogP contribution >= 0.6 is 11.3 Å². The van der Waals surface area contributed by atoms with Crippen LogP contribution in [0.15, 0.2) is 70.6 Å². The van der Waals surface area contributed by atoms with Crippen molar-refractivity contribution in [1.29, 1.82) is 0 Å². The van der Waals surface area contributed by atoms with Crippen molar-refractivity contribution in [2.45, 2.75) is 38.7 Å². The van der Waals surface area contributed by atoms with Crippen LogP contribution in [0, 0.1) is 6.92 Å². The van der Waals surface area contributed by atoms with Crippen molar-refractivity contribution in [3.8, 4) is 22.5 Å². The Morgan fingerprint density at radius 1 is 1.06 bits per heavy atom. The van der Waals surface area contributed by atoms with Gasteiger partial charge in [0.25, 0.3) is 5.91 Å². The van der Waals surface area contributed by atoms with Crippen LogP contribution in [-0.4, -0.2) is 40.0 Å². The minimum absolute atomic E-state index is 0.178. The summed E-state index contributed by atoms with van der Waals surface area (Å²) in [5.41, 5.74) is 4.26. The lowest BCUT2D eigenvalue weighted by atomic mass is 9.96. The van der Waals surface area contributed by atoms with E-state index in [2.05, 4.69) is 10.5 Å². The monoisotopic (exact) mass is 501 g/mol. The molecule has 1 aliphatic heterocycles. The number of rotatable bonds is 6. The van der Waals surface area contributed by atoms with E-state index in [4.69, 9.17) is 14.2 Å². The molecule has 1 fully saturated rings. The van der Waals surface area contributed by atoms with Gasteiger partial charge in [0.2, 0.25) is 6.10 Å².